The molecule has 0 aromatic heterocycles. The van der Waals surface area contributed by atoms with Crippen molar-refractivity contribution in [2.24, 2.45) is 0 Å². The van der Waals surface area contributed by atoms with Gasteiger partial charge in [0.05, 0.1) is 17.7 Å². The summed E-state index contributed by atoms with van der Waals surface area (Å²) in [5.41, 5.74) is -2.46. The number of ether oxygens (including phenoxy) is 1. The summed E-state index contributed by atoms with van der Waals surface area (Å²) in [5.74, 6) is -9.42. The summed E-state index contributed by atoms with van der Waals surface area (Å²) in [6.07, 6.45) is 0. The molecule has 0 aliphatic heterocycles. The molecule has 3 aromatic carbocycles. The van der Waals surface area contributed by atoms with Gasteiger partial charge < -0.3 is 4.74 Å². The van der Waals surface area contributed by atoms with E-state index < -0.39 is 56.1 Å². The van der Waals surface area contributed by atoms with Crippen LogP contribution in [0.5, 0.6) is 5.75 Å². The van der Waals surface area contributed by atoms with E-state index in [-0.39, 0.29) is 10.5 Å². The van der Waals surface area contributed by atoms with Crippen LogP contribution in [0.15, 0.2) is 53.4 Å². The minimum absolute atomic E-state index is 0.327. The number of rotatable bonds is 5. The highest BCUT2D eigenvalue weighted by molar-refractivity contribution is 7.92. The van der Waals surface area contributed by atoms with Crippen molar-refractivity contribution in [1.29, 1.82) is 0 Å². The van der Waals surface area contributed by atoms with Crippen LogP contribution in [0.4, 0.5) is 27.6 Å². The van der Waals surface area contributed by atoms with E-state index in [4.69, 9.17) is 4.74 Å². The number of methoxy groups -OCH3 is 1. The van der Waals surface area contributed by atoms with Gasteiger partial charge in [-0.15, -0.1) is 0 Å². The van der Waals surface area contributed by atoms with Crippen LogP contribution in [0.1, 0.15) is 0 Å². The Morgan fingerprint density at radius 2 is 1.45 bits per heavy atom. The summed E-state index contributed by atoms with van der Waals surface area (Å²) < 4.78 is 102. The number of sulfonamides is 1. The summed E-state index contributed by atoms with van der Waals surface area (Å²) in [6, 6.07) is 9.26. The molecule has 0 bridgehead atoms. The fourth-order valence-electron chi connectivity index (χ4n) is 2.61. The van der Waals surface area contributed by atoms with Crippen molar-refractivity contribution in [3.05, 3.63) is 77.6 Å². The molecule has 1 N–H and O–H groups in total. The molecule has 0 unspecified atom stereocenters. The van der Waals surface area contributed by atoms with Crippen LogP contribution in [-0.2, 0) is 10.0 Å². The van der Waals surface area contributed by atoms with Gasteiger partial charge in [0.25, 0.3) is 10.0 Å². The Morgan fingerprint density at radius 1 is 0.828 bits per heavy atom. The molecule has 0 spiro atoms. The van der Waals surface area contributed by atoms with Gasteiger partial charge in [-0.25, -0.2) is 30.4 Å². The molecule has 0 radical (unpaired) electrons. The van der Waals surface area contributed by atoms with Gasteiger partial charge in [-0.3, -0.25) is 4.72 Å². The maximum atomic E-state index is 14.6. The van der Waals surface area contributed by atoms with Crippen LogP contribution in [0.2, 0.25) is 0 Å². The van der Waals surface area contributed by atoms with Gasteiger partial charge in [0.15, 0.2) is 34.8 Å². The third-order valence-electron chi connectivity index (χ3n) is 4.00. The first kappa shape index (κ1) is 20.6. The molecule has 0 amide bonds. The van der Waals surface area contributed by atoms with E-state index in [1.54, 1.807) is 4.72 Å². The van der Waals surface area contributed by atoms with E-state index in [2.05, 4.69) is 0 Å². The van der Waals surface area contributed by atoms with Crippen molar-refractivity contribution in [1.82, 2.24) is 0 Å². The van der Waals surface area contributed by atoms with Crippen molar-refractivity contribution >= 4 is 15.7 Å². The Labute approximate surface area is 162 Å². The topological polar surface area (TPSA) is 55.4 Å². The quantitative estimate of drug-likeness (QED) is 0.358. The van der Waals surface area contributed by atoms with E-state index in [0.29, 0.717) is 0 Å². The zero-order valence-electron chi connectivity index (χ0n) is 14.6. The molecule has 3 aromatic rings. The predicted octanol–water partition coefficient (Wildman–Crippen LogP) is 4.86. The minimum Gasteiger partial charge on any atom is -0.494 e. The van der Waals surface area contributed by atoms with E-state index in [9.17, 15) is 30.4 Å². The summed E-state index contributed by atoms with van der Waals surface area (Å²) in [6.45, 7) is 0. The number of hydrogen-bond acceptors (Lipinski definition) is 3. The van der Waals surface area contributed by atoms with Crippen molar-refractivity contribution < 1.29 is 35.1 Å². The second-order valence-corrected chi connectivity index (χ2v) is 7.46. The Morgan fingerprint density at radius 3 is 2.07 bits per heavy atom. The van der Waals surface area contributed by atoms with E-state index >= 15 is 0 Å². The van der Waals surface area contributed by atoms with Crippen LogP contribution in [0.25, 0.3) is 11.1 Å². The summed E-state index contributed by atoms with van der Waals surface area (Å²) in [4.78, 5) is -0.327. The fourth-order valence-corrected chi connectivity index (χ4v) is 3.70. The number of anilines is 1. The van der Waals surface area contributed by atoms with Gasteiger partial charge in [0.2, 0.25) is 0 Å². The largest absolute Gasteiger partial charge is 0.494 e. The minimum atomic E-state index is -4.49. The number of nitrogens with one attached hydrogen (secondary N) is 1. The number of halogens is 5. The molecule has 3 rings (SSSR count). The lowest BCUT2D eigenvalue weighted by atomic mass is 10.0. The predicted molar refractivity (Wildman–Crippen MR) is 95.5 cm³/mol. The van der Waals surface area contributed by atoms with Crippen LogP contribution >= 0.6 is 0 Å². The van der Waals surface area contributed by atoms with Crippen molar-refractivity contribution in [3.63, 3.8) is 0 Å². The molecular weight excluding hydrogens is 417 g/mol. The van der Waals surface area contributed by atoms with E-state index in [0.717, 1.165) is 37.4 Å². The summed E-state index contributed by atoms with van der Waals surface area (Å²) in [5, 5.41) is 0. The maximum Gasteiger partial charge on any atom is 0.262 e. The Kier molecular flexibility index (Phi) is 5.47. The van der Waals surface area contributed by atoms with Crippen LogP contribution < -0.4 is 9.46 Å². The van der Waals surface area contributed by atoms with Gasteiger partial charge in [0.1, 0.15) is 0 Å². The average Bonchev–Trinajstić information content (AvgIpc) is 2.72. The first-order valence-corrected chi connectivity index (χ1v) is 9.43. The summed E-state index contributed by atoms with van der Waals surface area (Å²) in [7, 11) is -3.39. The van der Waals surface area contributed by atoms with Crippen LogP contribution in [0, 0.1) is 29.1 Å². The molecule has 0 saturated heterocycles. The maximum absolute atomic E-state index is 14.6. The van der Waals surface area contributed by atoms with Crippen molar-refractivity contribution in [2.45, 2.75) is 4.90 Å². The number of benzene rings is 3. The molecule has 0 atom stereocenters. The molecule has 10 heteroatoms. The van der Waals surface area contributed by atoms with Gasteiger partial charge in [-0.05, 0) is 29.8 Å². The Balaban J connectivity index is 2.27. The Bertz CT molecular complexity index is 1180. The molecule has 0 saturated carbocycles. The average molecular weight is 429 g/mol. The van der Waals surface area contributed by atoms with E-state index in [1.807, 2.05) is 0 Å². The lowest BCUT2D eigenvalue weighted by molar-refractivity contribution is 0.386. The summed E-state index contributed by atoms with van der Waals surface area (Å²) >= 11 is 0. The van der Waals surface area contributed by atoms with Gasteiger partial charge in [0, 0.05) is 5.56 Å². The monoisotopic (exact) mass is 429 g/mol. The normalized spacial score (nSPS) is 11.4. The molecule has 0 fully saturated rings. The lowest BCUT2D eigenvalue weighted by Gasteiger charge is -2.16. The molecule has 152 valence electrons. The highest BCUT2D eigenvalue weighted by Gasteiger charge is 2.29. The van der Waals surface area contributed by atoms with Gasteiger partial charge in [-0.2, -0.15) is 0 Å². The van der Waals surface area contributed by atoms with Gasteiger partial charge in [-0.1, -0.05) is 24.3 Å². The standard InChI is InChI=1S/C19H12F5NO3S/c1-28-13-9-10(7-8-12(13)20)14-15(21)16(22)17(23)18(24)19(14)25-29(26,27)11-5-3-2-4-6-11/h2-9,25H,1H3. The molecule has 0 heterocycles. The zero-order chi connectivity index (χ0) is 21.3. The van der Waals surface area contributed by atoms with Gasteiger partial charge >= 0.3 is 0 Å². The SMILES string of the molecule is COc1cc(-c2c(F)c(F)c(F)c(F)c2NS(=O)(=O)c2ccccc2)ccc1F. The van der Waals surface area contributed by atoms with E-state index in [1.165, 1.54) is 18.2 Å². The molecular formula is C19H12F5NO3S. The highest BCUT2D eigenvalue weighted by atomic mass is 32.2. The Hall–Kier alpha value is -3.14. The van der Waals surface area contributed by atoms with Crippen molar-refractivity contribution in [3.8, 4) is 16.9 Å². The molecule has 0 aliphatic carbocycles. The third kappa shape index (κ3) is 3.75. The van der Waals surface area contributed by atoms with Crippen LogP contribution in [-0.4, -0.2) is 15.5 Å². The second-order valence-electron chi connectivity index (χ2n) is 5.77. The molecule has 4 nitrogen and oxygen atoms in total. The molecule has 29 heavy (non-hydrogen) atoms. The zero-order valence-corrected chi connectivity index (χ0v) is 15.5. The third-order valence-corrected chi connectivity index (χ3v) is 5.36. The first-order chi connectivity index (χ1) is 13.7. The molecule has 0 aliphatic rings. The smallest absolute Gasteiger partial charge is 0.262 e. The lowest BCUT2D eigenvalue weighted by Crippen LogP contribution is -2.17. The number of hydrogen-bond donors (Lipinski definition) is 1. The first-order valence-electron chi connectivity index (χ1n) is 7.95. The van der Waals surface area contributed by atoms with Crippen LogP contribution in [0.3, 0.4) is 0 Å². The second kappa shape index (κ2) is 7.70. The van der Waals surface area contributed by atoms with Crippen molar-refractivity contribution in [2.75, 3.05) is 11.8 Å². The highest BCUT2D eigenvalue weighted by Crippen LogP contribution is 2.39. The fraction of sp³-hybridized carbons (Fsp3) is 0.0526.